The van der Waals surface area contributed by atoms with E-state index in [1.165, 1.54) is 12.3 Å². The number of aromatic nitrogens is 2. The van der Waals surface area contributed by atoms with Gasteiger partial charge in [-0.2, -0.15) is 0 Å². The lowest BCUT2D eigenvalue weighted by atomic mass is 10.3. The van der Waals surface area contributed by atoms with Crippen molar-refractivity contribution < 1.29 is 8.42 Å². The molecule has 0 unspecified atom stereocenters. The van der Waals surface area contributed by atoms with Crippen LogP contribution in [0.1, 0.15) is 5.69 Å². The number of aryl methyl sites for hydroxylation is 1. The zero-order valence-electron chi connectivity index (χ0n) is 10.9. The summed E-state index contributed by atoms with van der Waals surface area (Å²) < 4.78 is 28.0. The molecule has 2 heterocycles. The third kappa shape index (κ3) is 3.07. The summed E-state index contributed by atoms with van der Waals surface area (Å²) in [5, 5.41) is 2.76. The van der Waals surface area contributed by atoms with Crippen molar-refractivity contribution in [2.24, 2.45) is 0 Å². The van der Waals surface area contributed by atoms with E-state index >= 15 is 0 Å². The highest BCUT2D eigenvalue weighted by Crippen LogP contribution is 2.25. The molecule has 20 heavy (non-hydrogen) atoms. The summed E-state index contributed by atoms with van der Waals surface area (Å²) in [6.07, 6.45) is 3.13. The van der Waals surface area contributed by atoms with Gasteiger partial charge in [-0.1, -0.05) is 0 Å². The van der Waals surface area contributed by atoms with Crippen molar-refractivity contribution in [1.29, 1.82) is 0 Å². The molecule has 8 heteroatoms. The molecule has 0 aliphatic rings. The summed E-state index contributed by atoms with van der Waals surface area (Å²) in [7, 11) is -2.13. The smallest absolute Gasteiger partial charge is 0.265 e. The van der Waals surface area contributed by atoms with Crippen LogP contribution in [0, 0.1) is 6.92 Å². The summed E-state index contributed by atoms with van der Waals surface area (Å²) in [5.74, 6) is 0.280. The van der Waals surface area contributed by atoms with Gasteiger partial charge in [-0.15, -0.1) is 0 Å². The molecule has 2 aromatic rings. The molecule has 2 rings (SSSR count). The van der Waals surface area contributed by atoms with Gasteiger partial charge in [0.2, 0.25) is 0 Å². The lowest BCUT2D eigenvalue weighted by Crippen LogP contribution is -2.16. The summed E-state index contributed by atoms with van der Waals surface area (Å²) in [6, 6.07) is 4.82. The normalized spacial score (nSPS) is 11.2. The van der Waals surface area contributed by atoms with Crippen molar-refractivity contribution >= 4 is 37.5 Å². The average Bonchev–Trinajstić information content (AvgIpc) is 2.41. The number of nitrogens with one attached hydrogen (secondary N) is 2. The second-order valence-corrected chi connectivity index (χ2v) is 6.56. The van der Waals surface area contributed by atoms with E-state index in [-0.39, 0.29) is 10.7 Å². The van der Waals surface area contributed by atoms with Gasteiger partial charge < -0.3 is 5.32 Å². The Kier molecular flexibility index (Phi) is 4.24. The molecule has 2 aromatic heterocycles. The van der Waals surface area contributed by atoms with E-state index in [0.29, 0.717) is 15.9 Å². The summed E-state index contributed by atoms with van der Waals surface area (Å²) in [4.78, 5) is 8.15. The molecule has 2 N–H and O–H groups in total. The molecular weight excluding hydrogens is 344 g/mol. The molecule has 0 aliphatic carbocycles. The van der Waals surface area contributed by atoms with Crippen LogP contribution in [0.15, 0.2) is 40.0 Å². The van der Waals surface area contributed by atoms with Gasteiger partial charge in [0.15, 0.2) is 0 Å². The Hall–Kier alpha value is -1.67. The highest BCUT2D eigenvalue weighted by atomic mass is 79.9. The largest absolute Gasteiger partial charge is 0.372 e. The van der Waals surface area contributed by atoms with E-state index in [1.54, 1.807) is 32.3 Å². The number of rotatable bonds is 4. The fourth-order valence-corrected chi connectivity index (χ4v) is 3.39. The Bertz CT molecular complexity index is 734. The van der Waals surface area contributed by atoms with E-state index in [4.69, 9.17) is 0 Å². The predicted molar refractivity (Wildman–Crippen MR) is 81.3 cm³/mol. The molecule has 0 fully saturated rings. The minimum absolute atomic E-state index is 0.0672. The van der Waals surface area contributed by atoms with Gasteiger partial charge in [0, 0.05) is 23.9 Å². The second kappa shape index (κ2) is 5.76. The molecule has 0 radical (unpaired) electrons. The maximum Gasteiger partial charge on any atom is 0.265 e. The number of nitrogens with zero attached hydrogens (tertiary/aromatic N) is 2. The third-order valence-electron chi connectivity index (χ3n) is 2.60. The lowest BCUT2D eigenvalue weighted by molar-refractivity contribution is 0.601. The summed E-state index contributed by atoms with van der Waals surface area (Å²) in [6.45, 7) is 1.73. The fraction of sp³-hybridized carbons (Fsp3) is 0.167. The zero-order chi connectivity index (χ0) is 14.8. The fourth-order valence-electron chi connectivity index (χ4n) is 1.61. The molecule has 106 valence electrons. The Morgan fingerprint density at radius 2 is 2.05 bits per heavy atom. The summed E-state index contributed by atoms with van der Waals surface area (Å²) in [5.41, 5.74) is 1.04. The van der Waals surface area contributed by atoms with E-state index in [2.05, 4.69) is 35.9 Å². The molecule has 0 atom stereocenters. The first-order valence-electron chi connectivity index (χ1n) is 5.72. The van der Waals surface area contributed by atoms with Crippen LogP contribution >= 0.6 is 15.9 Å². The van der Waals surface area contributed by atoms with Gasteiger partial charge in [-0.25, -0.2) is 13.4 Å². The van der Waals surface area contributed by atoms with E-state index in [0.717, 1.165) is 0 Å². The number of sulfonamides is 1. The Morgan fingerprint density at radius 3 is 2.70 bits per heavy atom. The Labute approximate surface area is 125 Å². The van der Waals surface area contributed by atoms with E-state index < -0.39 is 10.0 Å². The van der Waals surface area contributed by atoms with Crippen molar-refractivity contribution in [2.75, 3.05) is 17.1 Å². The Balaban J connectivity index is 2.46. The number of halogens is 1. The lowest BCUT2D eigenvalue weighted by Gasteiger charge is -2.12. The molecular formula is C12H13BrN4O2S. The summed E-state index contributed by atoms with van der Waals surface area (Å²) >= 11 is 3.22. The van der Waals surface area contributed by atoms with Crippen LogP contribution in [0.5, 0.6) is 0 Å². The maximum absolute atomic E-state index is 12.4. The van der Waals surface area contributed by atoms with Crippen molar-refractivity contribution in [3.8, 4) is 0 Å². The monoisotopic (exact) mass is 356 g/mol. The second-order valence-electron chi connectivity index (χ2n) is 3.99. The quantitative estimate of drug-likeness (QED) is 0.878. The molecule has 6 nitrogen and oxygen atoms in total. The minimum Gasteiger partial charge on any atom is -0.372 e. The number of pyridine rings is 2. The van der Waals surface area contributed by atoms with Crippen LogP contribution in [-0.2, 0) is 10.0 Å². The Morgan fingerprint density at radius 1 is 1.30 bits per heavy atom. The average molecular weight is 357 g/mol. The van der Waals surface area contributed by atoms with E-state index in [1.807, 2.05) is 0 Å². The molecule has 0 saturated heterocycles. The van der Waals surface area contributed by atoms with Gasteiger partial charge in [0.05, 0.1) is 11.4 Å². The van der Waals surface area contributed by atoms with Crippen LogP contribution in [-0.4, -0.2) is 25.4 Å². The van der Waals surface area contributed by atoms with Gasteiger partial charge in [0.25, 0.3) is 10.0 Å². The number of hydrogen-bond donors (Lipinski definition) is 2. The standard InChI is InChI=1S/C12H13BrN4O2S/c1-8-10(4-3-5-15-8)17-20(18,19)11-6-9(13)7-16-12(11)14-2/h3-7,17H,1-2H3,(H,14,16). The maximum atomic E-state index is 12.4. The first-order chi connectivity index (χ1) is 9.44. The predicted octanol–water partition coefficient (Wildman–Crippen LogP) is 2.39. The molecule has 0 saturated carbocycles. The van der Waals surface area contributed by atoms with Crippen molar-refractivity contribution in [1.82, 2.24) is 9.97 Å². The van der Waals surface area contributed by atoms with Gasteiger partial charge >= 0.3 is 0 Å². The molecule has 0 spiro atoms. The number of anilines is 2. The van der Waals surface area contributed by atoms with Crippen LogP contribution in [0.4, 0.5) is 11.5 Å². The molecule has 0 aliphatic heterocycles. The van der Waals surface area contributed by atoms with Gasteiger partial charge in [-0.3, -0.25) is 9.71 Å². The third-order valence-corrected chi connectivity index (χ3v) is 4.41. The molecule has 0 amide bonds. The van der Waals surface area contributed by atoms with Gasteiger partial charge in [0.1, 0.15) is 10.7 Å². The minimum atomic E-state index is -3.75. The molecule has 0 bridgehead atoms. The van der Waals surface area contributed by atoms with Crippen LogP contribution in [0.25, 0.3) is 0 Å². The highest BCUT2D eigenvalue weighted by molar-refractivity contribution is 9.10. The van der Waals surface area contributed by atoms with Gasteiger partial charge in [-0.05, 0) is 41.1 Å². The van der Waals surface area contributed by atoms with E-state index in [9.17, 15) is 8.42 Å². The van der Waals surface area contributed by atoms with Crippen molar-refractivity contribution in [3.63, 3.8) is 0 Å². The van der Waals surface area contributed by atoms with Crippen molar-refractivity contribution in [2.45, 2.75) is 11.8 Å². The molecule has 0 aromatic carbocycles. The van der Waals surface area contributed by atoms with Crippen LogP contribution in [0.3, 0.4) is 0 Å². The highest BCUT2D eigenvalue weighted by Gasteiger charge is 2.20. The van der Waals surface area contributed by atoms with Crippen molar-refractivity contribution in [3.05, 3.63) is 40.8 Å². The SMILES string of the molecule is CNc1ncc(Br)cc1S(=O)(=O)Nc1cccnc1C. The van der Waals surface area contributed by atoms with Crippen LogP contribution < -0.4 is 10.0 Å². The topological polar surface area (TPSA) is 84.0 Å². The zero-order valence-corrected chi connectivity index (χ0v) is 13.3. The first-order valence-corrected chi connectivity index (χ1v) is 7.99. The number of hydrogen-bond acceptors (Lipinski definition) is 5. The van der Waals surface area contributed by atoms with Crippen LogP contribution in [0.2, 0.25) is 0 Å². The first kappa shape index (κ1) is 14.7.